The molecule has 4 aromatic rings. The van der Waals surface area contributed by atoms with Gasteiger partial charge in [-0.15, -0.1) is 18.3 Å². The van der Waals surface area contributed by atoms with Gasteiger partial charge in [-0.05, 0) is 67.4 Å². The van der Waals surface area contributed by atoms with Gasteiger partial charge in [0.05, 0.1) is 30.2 Å². The van der Waals surface area contributed by atoms with E-state index in [2.05, 4.69) is 25.1 Å². The zero-order valence-electron chi connectivity index (χ0n) is 24.5. The van der Waals surface area contributed by atoms with Crippen molar-refractivity contribution < 1.29 is 45.4 Å². The number of alkyl halides is 6. The maximum absolute atomic E-state index is 13.0. The fraction of sp³-hybridized carbons (Fsp3) is 0.233. The lowest BCUT2D eigenvalue weighted by atomic mass is 10.1. The van der Waals surface area contributed by atoms with E-state index in [0.29, 0.717) is 22.4 Å². The van der Waals surface area contributed by atoms with Crippen molar-refractivity contribution in [2.75, 3.05) is 22.6 Å². The minimum atomic E-state index is -4.85. The number of carbonyl (C=O) groups excluding carboxylic acids is 2. The number of benzene rings is 3. The summed E-state index contributed by atoms with van der Waals surface area (Å²) >= 11 is 0.990. The lowest BCUT2D eigenvalue weighted by Gasteiger charge is -2.21. The molecule has 1 aliphatic heterocycles. The summed E-state index contributed by atoms with van der Waals surface area (Å²) < 4.78 is 86.5. The molecule has 0 saturated carbocycles. The van der Waals surface area contributed by atoms with E-state index in [1.165, 1.54) is 29.2 Å². The Kier molecular flexibility index (Phi) is 9.46. The molecule has 47 heavy (non-hydrogen) atoms. The average molecular weight is 679 g/mol. The Morgan fingerprint density at radius 2 is 1.83 bits per heavy atom. The third-order valence-corrected chi connectivity index (χ3v) is 7.42. The van der Waals surface area contributed by atoms with Gasteiger partial charge < -0.3 is 14.8 Å². The number of thioether (sulfide) groups is 1. The summed E-state index contributed by atoms with van der Waals surface area (Å²) in [5, 5.41) is 7.00. The molecule has 1 saturated heterocycles. The predicted octanol–water partition coefficient (Wildman–Crippen LogP) is 7.45. The number of rotatable bonds is 8. The van der Waals surface area contributed by atoms with Gasteiger partial charge in [-0.3, -0.25) is 9.69 Å². The fourth-order valence-electron chi connectivity index (χ4n) is 4.40. The van der Waals surface area contributed by atoms with Crippen LogP contribution in [-0.2, 0) is 4.79 Å². The van der Waals surface area contributed by atoms with Crippen LogP contribution in [0, 0.1) is 13.8 Å². The van der Waals surface area contributed by atoms with Gasteiger partial charge in [-0.25, -0.2) is 14.5 Å². The number of anilines is 2. The number of aromatic nitrogens is 3. The zero-order valence-corrected chi connectivity index (χ0v) is 25.3. The van der Waals surface area contributed by atoms with Gasteiger partial charge in [0, 0.05) is 17.3 Å². The zero-order chi connectivity index (χ0) is 33.9. The highest BCUT2D eigenvalue weighted by Gasteiger charge is 2.34. The molecule has 1 fully saturated rings. The molecule has 1 N–H and O–H groups in total. The Morgan fingerprint density at radius 3 is 2.55 bits per heavy atom. The molecule has 17 heteroatoms. The molecule has 3 aromatic carbocycles. The van der Waals surface area contributed by atoms with Crippen LogP contribution in [0.4, 0.5) is 42.5 Å². The highest BCUT2D eigenvalue weighted by Crippen LogP contribution is 2.36. The molecular weight excluding hydrogens is 654 g/mol. The molecule has 0 spiro atoms. The fourth-order valence-corrected chi connectivity index (χ4v) is 5.26. The molecule has 1 aliphatic rings. The maximum atomic E-state index is 13.0. The van der Waals surface area contributed by atoms with Gasteiger partial charge in [0.15, 0.2) is 11.0 Å². The standard InChI is InChI=1S/C30H24F6N6O4S/c1-17-6-9-24(45-11-10-29(31,32)33)23(12-17)42-25(43)15-47-28(42)39-27(44)38-22-8-7-19(13-18(22)2)26-37-16-41(40-26)20-4-3-5-21(14-20)46-30(34,35)36/h3-9,12-14,16H,10-11,15H2,1-2H3,(H,38,44). The van der Waals surface area contributed by atoms with Gasteiger partial charge in [-0.2, -0.15) is 18.2 Å². The molecule has 3 amide bonds. The Hall–Kier alpha value is -5.06. The highest BCUT2D eigenvalue weighted by molar-refractivity contribution is 8.15. The lowest BCUT2D eigenvalue weighted by Crippen LogP contribution is -2.31. The second kappa shape index (κ2) is 13.4. The van der Waals surface area contributed by atoms with Crippen LogP contribution < -0.4 is 19.7 Å². The molecule has 5 rings (SSSR count). The Morgan fingerprint density at radius 1 is 1.04 bits per heavy atom. The van der Waals surface area contributed by atoms with Crippen molar-refractivity contribution in [3.63, 3.8) is 0 Å². The van der Waals surface area contributed by atoms with Gasteiger partial charge in [0.25, 0.3) is 0 Å². The second-order valence-electron chi connectivity index (χ2n) is 10.1. The van der Waals surface area contributed by atoms with E-state index in [9.17, 15) is 35.9 Å². The van der Waals surface area contributed by atoms with Crippen LogP contribution >= 0.6 is 11.8 Å². The van der Waals surface area contributed by atoms with Crippen molar-refractivity contribution in [1.29, 1.82) is 0 Å². The topological polar surface area (TPSA) is 111 Å². The van der Waals surface area contributed by atoms with Crippen molar-refractivity contribution in [2.45, 2.75) is 32.8 Å². The quantitative estimate of drug-likeness (QED) is 0.193. The summed E-state index contributed by atoms with van der Waals surface area (Å²) in [6.07, 6.45) is -9.12. The van der Waals surface area contributed by atoms with Crippen molar-refractivity contribution in [2.24, 2.45) is 4.99 Å². The molecule has 0 bridgehead atoms. The number of aryl methyl sites for hydroxylation is 2. The number of carbonyl (C=O) groups is 2. The number of halogens is 6. The predicted molar refractivity (Wildman–Crippen MR) is 162 cm³/mol. The van der Waals surface area contributed by atoms with Crippen molar-refractivity contribution >= 4 is 40.2 Å². The first-order valence-corrected chi connectivity index (χ1v) is 14.7. The monoisotopic (exact) mass is 678 g/mol. The summed E-state index contributed by atoms with van der Waals surface area (Å²) in [6, 6.07) is 14.0. The number of amides is 3. The number of aliphatic imine (C=N–C) groups is 1. The number of nitrogens with zero attached hydrogens (tertiary/aromatic N) is 5. The number of hydrogen-bond acceptors (Lipinski definition) is 7. The summed E-state index contributed by atoms with van der Waals surface area (Å²) in [6.45, 7) is 2.78. The molecular formula is C30H24F6N6O4S. The van der Waals surface area contributed by atoms with E-state index >= 15 is 0 Å². The Labute approximate surface area is 267 Å². The summed E-state index contributed by atoms with van der Waals surface area (Å²) in [4.78, 5) is 35.2. The van der Waals surface area contributed by atoms with E-state index in [-0.39, 0.29) is 33.9 Å². The van der Waals surface area contributed by atoms with Gasteiger partial charge >= 0.3 is 18.6 Å². The van der Waals surface area contributed by atoms with E-state index in [1.54, 1.807) is 44.2 Å². The van der Waals surface area contributed by atoms with Crippen LogP contribution in [0.3, 0.4) is 0 Å². The molecule has 1 aromatic heterocycles. The summed E-state index contributed by atoms with van der Waals surface area (Å²) in [7, 11) is 0. The minimum absolute atomic E-state index is 0.0208. The lowest BCUT2D eigenvalue weighted by molar-refractivity contribution is -0.274. The van der Waals surface area contributed by atoms with Crippen LogP contribution in [-0.4, -0.2) is 56.8 Å². The first-order chi connectivity index (χ1) is 22.1. The molecule has 0 radical (unpaired) electrons. The summed E-state index contributed by atoms with van der Waals surface area (Å²) in [5.41, 5.74) is 2.68. The van der Waals surface area contributed by atoms with Gasteiger partial charge in [0.1, 0.15) is 17.8 Å². The van der Waals surface area contributed by atoms with Crippen LogP contribution in [0.2, 0.25) is 0 Å². The highest BCUT2D eigenvalue weighted by atomic mass is 32.2. The van der Waals surface area contributed by atoms with Crippen molar-refractivity contribution in [3.8, 4) is 28.6 Å². The van der Waals surface area contributed by atoms with Crippen LogP contribution in [0.1, 0.15) is 17.5 Å². The largest absolute Gasteiger partial charge is 0.573 e. The molecule has 0 atom stereocenters. The third kappa shape index (κ3) is 8.60. The Bertz CT molecular complexity index is 1840. The SMILES string of the molecule is Cc1ccc(OCCC(F)(F)F)c(N2C(=O)CSC2=NC(=O)Nc2ccc(-c3ncn(-c4cccc(OC(F)(F)F)c4)n3)cc2C)c1. The minimum Gasteiger partial charge on any atom is -0.491 e. The smallest absolute Gasteiger partial charge is 0.491 e. The van der Waals surface area contributed by atoms with E-state index in [1.807, 2.05) is 0 Å². The normalized spacial score (nSPS) is 14.5. The average Bonchev–Trinajstić information content (AvgIpc) is 3.61. The van der Waals surface area contributed by atoms with E-state index in [4.69, 9.17) is 4.74 Å². The van der Waals surface area contributed by atoms with E-state index in [0.717, 1.165) is 28.8 Å². The number of nitrogens with one attached hydrogen (secondary N) is 1. The van der Waals surface area contributed by atoms with Crippen molar-refractivity contribution in [1.82, 2.24) is 14.8 Å². The van der Waals surface area contributed by atoms with Crippen LogP contribution in [0.15, 0.2) is 72.0 Å². The first kappa shape index (κ1) is 33.3. The summed E-state index contributed by atoms with van der Waals surface area (Å²) in [5.74, 6) is -0.594. The molecule has 2 heterocycles. The number of hydrogen-bond donors (Lipinski definition) is 1. The molecule has 0 aliphatic carbocycles. The van der Waals surface area contributed by atoms with E-state index < -0.39 is 43.3 Å². The molecule has 246 valence electrons. The van der Waals surface area contributed by atoms with Crippen molar-refractivity contribution in [3.05, 3.63) is 78.1 Å². The van der Waals surface area contributed by atoms with Gasteiger partial charge in [-0.1, -0.05) is 23.9 Å². The van der Waals surface area contributed by atoms with Gasteiger partial charge in [0.2, 0.25) is 5.91 Å². The third-order valence-electron chi connectivity index (χ3n) is 6.49. The first-order valence-electron chi connectivity index (χ1n) is 13.7. The van der Waals surface area contributed by atoms with Crippen LogP contribution in [0.25, 0.3) is 17.1 Å². The molecule has 10 nitrogen and oxygen atoms in total. The number of amidine groups is 1. The molecule has 0 unspecified atom stereocenters. The number of ether oxygens (including phenoxy) is 2. The second-order valence-corrected chi connectivity index (χ2v) is 11.1. The Balaban J connectivity index is 1.30. The maximum Gasteiger partial charge on any atom is 0.573 e. The van der Waals surface area contributed by atoms with Crippen LogP contribution in [0.5, 0.6) is 11.5 Å². The number of urea groups is 1.